The number of Topliss-reactive ketones (excluding diaryl/α,β-unsaturated/α-hetero) is 1. The van der Waals surface area contributed by atoms with Crippen LogP contribution in [-0.2, 0) is 33.4 Å². The van der Waals surface area contributed by atoms with Crippen LogP contribution in [0.15, 0.2) is 30.6 Å². The van der Waals surface area contributed by atoms with Crippen LogP contribution in [-0.4, -0.2) is 106 Å². The van der Waals surface area contributed by atoms with Crippen molar-refractivity contribution in [2.75, 3.05) is 60.2 Å². The Morgan fingerprint density at radius 1 is 0.933 bits per heavy atom. The van der Waals surface area contributed by atoms with Gasteiger partial charge in [0.1, 0.15) is 12.1 Å². The Bertz CT molecular complexity index is 901. The molecule has 45 heavy (non-hydrogen) atoms. The third-order valence-electron chi connectivity index (χ3n) is 7.04. The van der Waals surface area contributed by atoms with Crippen molar-refractivity contribution in [2.45, 2.75) is 78.2 Å². The molecule has 0 bridgehead atoms. The predicted octanol–water partition coefficient (Wildman–Crippen LogP) is 2.56. The lowest BCUT2D eigenvalue weighted by Gasteiger charge is -2.28. The average Bonchev–Trinajstić information content (AvgIpc) is 3.41. The number of ketones is 1. The van der Waals surface area contributed by atoms with Crippen LogP contribution in [0.5, 0.6) is 0 Å². The summed E-state index contributed by atoms with van der Waals surface area (Å²) in [5.74, 6) is 0.551. The Morgan fingerprint density at radius 3 is 2.04 bits per heavy atom. The number of carbonyl (C=O) groups is 5. The molecule has 3 N–H and O–H groups in total. The molecule has 2 aliphatic rings. The SMILES string of the molecule is CC.CCC(=O)C1CCC(NC(=O)CCOCCOCCNC(=O)CCNC)CC1.CN1CC(C=O)CC1=O.c1ccncc1. The van der Waals surface area contributed by atoms with Gasteiger partial charge in [0.05, 0.1) is 26.4 Å². The van der Waals surface area contributed by atoms with Crippen LogP contribution in [0.3, 0.4) is 0 Å². The normalized spacial score (nSPS) is 18.6. The standard InChI is InChI=1S/C20H37N3O5.C6H9NO2.C5H5N.C2H6/c1-3-18(24)16-4-6-17(7-5-16)23-20(26)9-12-27-14-15-28-13-11-22-19(25)8-10-21-2;1-7-3-5(4-8)2-6(7)9;1-2-4-6-5-3-1;1-2/h16-17,21H,3-15H2,1-2H3,(H,22,25)(H,23,26);4-5H,2-3H2,1H3;1-5H;1-2H3. The molecule has 1 aliphatic carbocycles. The summed E-state index contributed by atoms with van der Waals surface area (Å²) in [7, 11) is 3.52. The number of likely N-dealkylation sites (tertiary alicyclic amines) is 1. The molecule has 3 amide bonds. The van der Waals surface area contributed by atoms with E-state index in [1.54, 1.807) is 24.3 Å². The zero-order valence-corrected chi connectivity index (χ0v) is 28.1. The summed E-state index contributed by atoms with van der Waals surface area (Å²) in [5.41, 5.74) is 0. The van der Waals surface area contributed by atoms with E-state index in [-0.39, 0.29) is 35.6 Å². The third kappa shape index (κ3) is 22.0. The lowest BCUT2D eigenvalue weighted by atomic mass is 9.83. The van der Waals surface area contributed by atoms with E-state index >= 15 is 0 Å². The summed E-state index contributed by atoms with van der Waals surface area (Å²) in [5, 5.41) is 8.72. The van der Waals surface area contributed by atoms with Crippen LogP contribution in [0.4, 0.5) is 0 Å². The molecule has 1 aliphatic heterocycles. The molecule has 0 spiro atoms. The van der Waals surface area contributed by atoms with Crippen LogP contribution >= 0.6 is 0 Å². The number of hydrogen-bond acceptors (Lipinski definition) is 9. The second kappa shape index (κ2) is 28.3. The zero-order chi connectivity index (χ0) is 33.7. The van der Waals surface area contributed by atoms with Gasteiger partial charge >= 0.3 is 0 Å². The van der Waals surface area contributed by atoms with Crippen molar-refractivity contribution in [3.05, 3.63) is 30.6 Å². The maximum absolute atomic E-state index is 12.0. The highest BCUT2D eigenvalue weighted by Crippen LogP contribution is 2.25. The van der Waals surface area contributed by atoms with Crippen molar-refractivity contribution in [1.82, 2.24) is 25.8 Å². The number of nitrogens with one attached hydrogen (secondary N) is 3. The van der Waals surface area contributed by atoms with E-state index in [0.29, 0.717) is 77.5 Å². The molecular formula is C33H57N5O7. The number of rotatable bonds is 16. The molecule has 1 aromatic heterocycles. The molecule has 2 heterocycles. The minimum absolute atomic E-state index is 0.00420. The molecule has 1 unspecified atom stereocenters. The van der Waals surface area contributed by atoms with Crippen LogP contribution in [0.1, 0.15) is 72.1 Å². The Balaban J connectivity index is 0.000000913. The van der Waals surface area contributed by atoms with E-state index in [1.165, 1.54) is 0 Å². The van der Waals surface area contributed by atoms with Crippen LogP contribution in [0.2, 0.25) is 0 Å². The quantitative estimate of drug-likeness (QED) is 0.184. The number of aromatic nitrogens is 1. The maximum Gasteiger partial charge on any atom is 0.223 e. The first kappa shape index (κ1) is 41.8. The predicted molar refractivity (Wildman–Crippen MR) is 174 cm³/mol. The largest absolute Gasteiger partial charge is 0.379 e. The average molecular weight is 636 g/mol. The summed E-state index contributed by atoms with van der Waals surface area (Å²) in [6, 6.07) is 5.90. The van der Waals surface area contributed by atoms with Gasteiger partial charge in [-0.05, 0) is 44.9 Å². The highest BCUT2D eigenvalue weighted by atomic mass is 16.5. The topological polar surface area (TPSA) is 156 Å². The number of nitrogens with zero attached hydrogens (tertiary/aromatic N) is 2. The van der Waals surface area contributed by atoms with Crippen LogP contribution in [0.25, 0.3) is 0 Å². The molecule has 12 nitrogen and oxygen atoms in total. The number of aldehydes is 1. The first-order valence-electron chi connectivity index (χ1n) is 16.2. The fourth-order valence-corrected chi connectivity index (χ4v) is 4.53. The van der Waals surface area contributed by atoms with E-state index in [4.69, 9.17) is 9.47 Å². The number of hydrogen-bond donors (Lipinski definition) is 3. The second-order valence-electron chi connectivity index (χ2n) is 10.5. The van der Waals surface area contributed by atoms with Crippen LogP contribution in [0, 0.1) is 11.8 Å². The van der Waals surface area contributed by atoms with Crippen molar-refractivity contribution in [1.29, 1.82) is 0 Å². The van der Waals surface area contributed by atoms with Gasteiger partial charge in [0.15, 0.2) is 0 Å². The molecule has 3 rings (SSSR count). The summed E-state index contributed by atoms with van der Waals surface area (Å²) in [6.45, 7) is 9.31. The Kier molecular flexibility index (Phi) is 26.2. The van der Waals surface area contributed by atoms with Crippen molar-refractivity contribution in [3.63, 3.8) is 0 Å². The van der Waals surface area contributed by atoms with Gasteiger partial charge in [0.2, 0.25) is 17.7 Å². The molecule has 12 heteroatoms. The molecule has 1 atom stereocenters. The Labute approximate surface area is 269 Å². The zero-order valence-electron chi connectivity index (χ0n) is 28.1. The van der Waals surface area contributed by atoms with Crippen LogP contribution < -0.4 is 16.0 Å². The minimum Gasteiger partial charge on any atom is -0.379 e. The molecule has 1 saturated carbocycles. The molecule has 0 aromatic carbocycles. The van der Waals surface area contributed by atoms with Gasteiger partial charge in [0, 0.05) is 82.6 Å². The summed E-state index contributed by atoms with van der Waals surface area (Å²) in [6.07, 6.45) is 9.65. The first-order chi connectivity index (χ1) is 21.8. The minimum atomic E-state index is -0.0532. The van der Waals surface area contributed by atoms with Gasteiger partial charge < -0.3 is 35.1 Å². The van der Waals surface area contributed by atoms with E-state index in [1.807, 2.05) is 46.0 Å². The highest BCUT2D eigenvalue weighted by Gasteiger charge is 2.26. The molecule has 1 aromatic rings. The third-order valence-corrected chi connectivity index (χ3v) is 7.04. The summed E-state index contributed by atoms with van der Waals surface area (Å²) in [4.78, 5) is 61.2. The van der Waals surface area contributed by atoms with Crippen molar-refractivity contribution in [2.24, 2.45) is 11.8 Å². The monoisotopic (exact) mass is 635 g/mol. The van der Waals surface area contributed by atoms with E-state index < -0.39 is 0 Å². The summed E-state index contributed by atoms with van der Waals surface area (Å²) >= 11 is 0. The van der Waals surface area contributed by atoms with Gasteiger partial charge in [-0.25, -0.2) is 0 Å². The Morgan fingerprint density at radius 2 is 1.58 bits per heavy atom. The smallest absolute Gasteiger partial charge is 0.223 e. The summed E-state index contributed by atoms with van der Waals surface area (Å²) < 4.78 is 10.8. The fourth-order valence-electron chi connectivity index (χ4n) is 4.53. The molecule has 1 saturated heterocycles. The van der Waals surface area contributed by atoms with E-state index in [9.17, 15) is 24.0 Å². The van der Waals surface area contributed by atoms with Gasteiger partial charge in [-0.3, -0.25) is 24.2 Å². The molecular weight excluding hydrogens is 578 g/mol. The van der Waals surface area contributed by atoms with Crippen molar-refractivity contribution in [3.8, 4) is 0 Å². The number of amides is 3. The van der Waals surface area contributed by atoms with Gasteiger partial charge in [-0.1, -0.05) is 26.8 Å². The lowest BCUT2D eigenvalue weighted by molar-refractivity contribution is -0.127. The molecule has 2 fully saturated rings. The fraction of sp³-hybridized carbons (Fsp3) is 0.697. The first-order valence-corrected chi connectivity index (χ1v) is 16.2. The number of pyridine rings is 1. The number of ether oxygens (including phenoxy) is 2. The molecule has 256 valence electrons. The van der Waals surface area contributed by atoms with E-state index in [0.717, 1.165) is 32.0 Å². The van der Waals surface area contributed by atoms with Crippen molar-refractivity contribution < 1.29 is 33.4 Å². The number of carbonyl (C=O) groups excluding carboxylic acids is 5. The van der Waals surface area contributed by atoms with Gasteiger partial charge in [0.25, 0.3) is 0 Å². The maximum atomic E-state index is 12.0. The molecule has 0 radical (unpaired) electrons. The van der Waals surface area contributed by atoms with E-state index in [2.05, 4.69) is 20.9 Å². The Hall–Kier alpha value is -3.22. The lowest BCUT2D eigenvalue weighted by Crippen LogP contribution is -2.39. The highest BCUT2D eigenvalue weighted by molar-refractivity contribution is 5.82. The van der Waals surface area contributed by atoms with Crippen molar-refractivity contribution >= 4 is 29.8 Å². The second-order valence-corrected chi connectivity index (χ2v) is 10.5. The van der Waals surface area contributed by atoms with Gasteiger partial charge in [-0.2, -0.15) is 0 Å². The van der Waals surface area contributed by atoms with Gasteiger partial charge in [-0.15, -0.1) is 0 Å².